The van der Waals surface area contributed by atoms with E-state index in [9.17, 15) is 24.2 Å². The number of phosphoric ester groups is 1. The van der Waals surface area contributed by atoms with Gasteiger partial charge in [-0.25, -0.2) is 0 Å². The van der Waals surface area contributed by atoms with Gasteiger partial charge >= 0.3 is 41.5 Å². The van der Waals surface area contributed by atoms with Gasteiger partial charge in [-0.05, 0) is 38.5 Å². The van der Waals surface area contributed by atoms with Crippen molar-refractivity contribution in [3.05, 3.63) is 12.2 Å². The fourth-order valence-electron chi connectivity index (χ4n) is 5.51. The molecule has 0 aromatic rings. The van der Waals surface area contributed by atoms with E-state index in [4.69, 9.17) is 19.1 Å². The number of carbonyl (C=O) groups is 2. The zero-order chi connectivity index (χ0) is 37.0. The molecule has 0 aromatic heterocycles. The van der Waals surface area contributed by atoms with Gasteiger partial charge in [0, 0.05) is 12.8 Å². The van der Waals surface area contributed by atoms with E-state index in [1.165, 1.54) is 89.9 Å². The molecule has 2 N–H and O–H groups in total. The first-order chi connectivity index (χ1) is 24.2. The van der Waals surface area contributed by atoms with E-state index in [0.717, 1.165) is 57.8 Å². The van der Waals surface area contributed by atoms with Crippen LogP contribution in [0, 0.1) is 0 Å². The minimum absolute atomic E-state index is 0. The number of aliphatic hydroxyl groups excluding tert-OH is 2. The second-order valence-electron chi connectivity index (χ2n) is 13.6. The zero-order valence-corrected chi connectivity index (χ0v) is 35.7. The van der Waals surface area contributed by atoms with Crippen LogP contribution in [-0.4, -0.2) is 60.8 Å². The summed E-state index contributed by atoms with van der Waals surface area (Å²) in [6, 6.07) is 0. The summed E-state index contributed by atoms with van der Waals surface area (Å²) in [5, 5.41) is 18.2. The number of hydrogen-bond acceptors (Lipinski definition) is 10. The number of unbranched alkanes of at least 4 members (excludes halogenated alkanes) is 22. The number of hydrogen-bond donors (Lipinski definition) is 2. The topological polar surface area (TPSA) is 152 Å². The summed E-state index contributed by atoms with van der Waals surface area (Å²) in [5.41, 5.74) is 0. The minimum Gasteiger partial charge on any atom is -0.756 e. The molecule has 10 nitrogen and oxygen atoms in total. The van der Waals surface area contributed by atoms with Crippen molar-refractivity contribution in [2.24, 2.45) is 0 Å². The van der Waals surface area contributed by atoms with Crippen LogP contribution in [0.25, 0.3) is 0 Å². The van der Waals surface area contributed by atoms with E-state index in [0.29, 0.717) is 12.8 Å². The van der Waals surface area contributed by atoms with Crippen LogP contribution in [0.5, 0.6) is 0 Å². The van der Waals surface area contributed by atoms with Crippen LogP contribution in [0.15, 0.2) is 12.2 Å². The Morgan fingerprint density at radius 1 is 0.608 bits per heavy atom. The molecule has 0 amide bonds. The molecule has 296 valence electrons. The van der Waals surface area contributed by atoms with Crippen molar-refractivity contribution >= 4 is 19.8 Å². The minimum atomic E-state index is -4.86. The standard InChI is InChI=1S/C39H75O10P.Na/c1-3-5-7-9-11-13-15-17-18-19-21-23-25-27-29-31-39(43)49-37(35-48-50(44,45)47-33-36(41)32-40)34-46-38(42)30-28-26-24-22-20-16-14-12-10-8-6-4-2;/h17-18,36-37,40-41H,3-16,19-35H2,1-2H3,(H,44,45);/q;+1/p-1/b18-17+;/t36?,37-;/m1./s1. The van der Waals surface area contributed by atoms with Crippen molar-refractivity contribution in [2.75, 3.05) is 26.4 Å². The van der Waals surface area contributed by atoms with Crippen molar-refractivity contribution in [3.63, 3.8) is 0 Å². The number of aliphatic hydroxyl groups is 2. The first-order valence-electron chi connectivity index (χ1n) is 20.1. The molecule has 0 saturated heterocycles. The van der Waals surface area contributed by atoms with Gasteiger partial charge in [-0.3, -0.25) is 14.2 Å². The predicted molar refractivity (Wildman–Crippen MR) is 199 cm³/mol. The average Bonchev–Trinajstić information content (AvgIpc) is 3.10. The van der Waals surface area contributed by atoms with Gasteiger partial charge in [0.1, 0.15) is 12.7 Å². The molecule has 12 heteroatoms. The SMILES string of the molecule is CCCCCCCC/C=C/CCCCCCCC(=O)O[C@H](COC(=O)CCCCCCCCCCCCCC)COP(=O)([O-])OCC(O)CO.[Na+]. The smallest absolute Gasteiger partial charge is 0.756 e. The summed E-state index contributed by atoms with van der Waals surface area (Å²) in [6.45, 7) is 2.18. The fraction of sp³-hybridized carbons (Fsp3) is 0.897. The Morgan fingerprint density at radius 3 is 1.45 bits per heavy atom. The summed E-state index contributed by atoms with van der Waals surface area (Å²) in [4.78, 5) is 37.0. The zero-order valence-electron chi connectivity index (χ0n) is 32.8. The molecule has 0 fully saturated rings. The Labute approximate surface area is 333 Å². The van der Waals surface area contributed by atoms with Crippen molar-refractivity contribution in [1.29, 1.82) is 0 Å². The van der Waals surface area contributed by atoms with Crippen molar-refractivity contribution in [2.45, 2.75) is 199 Å². The number of allylic oxidation sites excluding steroid dienone is 2. The molecule has 3 atom stereocenters. The van der Waals surface area contributed by atoms with E-state index in [1.54, 1.807) is 0 Å². The second kappa shape index (κ2) is 39.4. The molecule has 0 aromatic carbocycles. The summed E-state index contributed by atoms with van der Waals surface area (Å²) < 4.78 is 32.2. The summed E-state index contributed by atoms with van der Waals surface area (Å²) in [5.74, 6) is -0.964. The molecular weight excluding hydrogens is 682 g/mol. The Bertz CT molecular complexity index is 860. The van der Waals surface area contributed by atoms with Crippen LogP contribution in [0.2, 0.25) is 0 Å². The van der Waals surface area contributed by atoms with Gasteiger partial charge in [0.05, 0.1) is 19.8 Å². The maximum absolute atomic E-state index is 12.5. The fourth-order valence-corrected chi connectivity index (χ4v) is 6.29. The molecule has 0 aliphatic carbocycles. The Hall–Kier alpha value is -0.290. The number of phosphoric acid groups is 1. The molecule has 0 spiro atoms. The van der Waals surface area contributed by atoms with Crippen LogP contribution in [0.4, 0.5) is 0 Å². The van der Waals surface area contributed by atoms with Gasteiger partial charge in [-0.2, -0.15) is 0 Å². The second-order valence-corrected chi connectivity index (χ2v) is 15.1. The van der Waals surface area contributed by atoms with Gasteiger partial charge in [0.25, 0.3) is 7.82 Å². The van der Waals surface area contributed by atoms with E-state index in [2.05, 4.69) is 30.5 Å². The van der Waals surface area contributed by atoms with Crippen LogP contribution in [0.3, 0.4) is 0 Å². The van der Waals surface area contributed by atoms with Crippen LogP contribution < -0.4 is 34.5 Å². The maximum atomic E-state index is 12.5. The molecule has 0 radical (unpaired) electrons. The monoisotopic (exact) mass is 756 g/mol. The third kappa shape index (κ3) is 39.2. The number of ether oxygens (including phenoxy) is 2. The van der Waals surface area contributed by atoms with Crippen LogP contribution in [0.1, 0.15) is 187 Å². The molecule has 0 aliphatic heterocycles. The maximum Gasteiger partial charge on any atom is 1.00 e. The van der Waals surface area contributed by atoms with Crippen LogP contribution in [-0.2, 0) is 32.7 Å². The van der Waals surface area contributed by atoms with Crippen molar-refractivity contribution < 1.29 is 77.3 Å². The largest absolute Gasteiger partial charge is 1.00 e. The first kappa shape index (κ1) is 52.8. The molecule has 51 heavy (non-hydrogen) atoms. The quantitative estimate of drug-likeness (QED) is 0.0237. The number of carbonyl (C=O) groups excluding carboxylic acids is 2. The van der Waals surface area contributed by atoms with E-state index in [1.807, 2.05) is 0 Å². The van der Waals surface area contributed by atoms with Crippen LogP contribution >= 0.6 is 7.82 Å². The molecule has 0 aliphatic rings. The molecular formula is C39H74NaO10P. The van der Waals surface area contributed by atoms with Gasteiger partial charge in [0.15, 0.2) is 6.10 Å². The van der Waals surface area contributed by atoms with E-state index in [-0.39, 0.29) is 49.0 Å². The molecule has 0 heterocycles. The van der Waals surface area contributed by atoms with E-state index >= 15 is 0 Å². The van der Waals surface area contributed by atoms with E-state index < -0.39 is 51.8 Å². The Morgan fingerprint density at radius 2 is 1.00 bits per heavy atom. The average molecular weight is 757 g/mol. The van der Waals surface area contributed by atoms with Gasteiger partial charge in [-0.15, -0.1) is 0 Å². The Kier molecular flexibility index (Phi) is 40.8. The Balaban J connectivity index is 0. The first-order valence-corrected chi connectivity index (χ1v) is 21.6. The summed E-state index contributed by atoms with van der Waals surface area (Å²) in [7, 11) is -4.86. The summed E-state index contributed by atoms with van der Waals surface area (Å²) >= 11 is 0. The van der Waals surface area contributed by atoms with Crippen molar-refractivity contribution in [3.8, 4) is 0 Å². The molecule has 0 bridgehead atoms. The molecule has 0 saturated carbocycles. The predicted octanol–water partition coefficient (Wildman–Crippen LogP) is 6.43. The number of rotatable bonds is 38. The van der Waals surface area contributed by atoms with Gasteiger partial charge < -0.3 is 33.6 Å². The third-order valence-electron chi connectivity index (χ3n) is 8.66. The normalized spacial score (nSPS) is 13.8. The molecule has 0 rings (SSSR count). The molecule has 2 unspecified atom stereocenters. The summed E-state index contributed by atoms with van der Waals surface area (Å²) in [6.07, 6.45) is 31.5. The third-order valence-corrected chi connectivity index (χ3v) is 9.59. The van der Waals surface area contributed by atoms with Gasteiger partial charge in [0.2, 0.25) is 0 Å². The number of esters is 2. The van der Waals surface area contributed by atoms with Gasteiger partial charge in [-0.1, -0.05) is 148 Å². The van der Waals surface area contributed by atoms with Crippen molar-refractivity contribution in [1.82, 2.24) is 0 Å².